The molecule has 0 aliphatic carbocycles. The Morgan fingerprint density at radius 2 is 1.59 bits per heavy atom. The highest BCUT2D eigenvalue weighted by Crippen LogP contribution is 2.36. The predicted molar refractivity (Wildman–Crippen MR) is 108 cm³/mol. The maximum atomic E-state index is 13.4. The van der Waals surface area contributed by atoms with E-state index in [0.717, 1.165) is 16.6 Å². The molecule has 0 aliphatic rings. The van der Waals surface area contributed by atoms with Gasteiger partial charge in [-0.25, -0.2) is 0 Å². The summed E-state index contributed by atoms with van der Waals surface area (Å²) >= 11 is 0. The molecule has 0 N–H and O–H groups in total. The number of hydrogen-bond donors (Lipinski definition) is 0. The molecule has 4 heteroatoms. The molecule has 1 amide bonds. The van der Waals surface area contributed by atoms with Gasteiger partial charge in [0.15, 0.2) is 0 Å². The molecule has 0 saturated carbocycles. The van der Waals surface area contributed by atoms with E-state index in [1.54, 1.807) is 18.2 Å². The second-order valence-electron chi connectivity index (χ2n) is 6.06. The van der Waals surface area contributed by atoms with Gasteiger partial charge in [-0.05, 0) is 36.4 Å². The summed E-state index contributed by atoms with van der Waals surface area (Å²) in [6, 6.07) is 26.4. The van der Waals surface area contributed by atoms with Crippen LogP contribution >= 0.6 is 0 Å². The van der Waals surface area contributed by atoms with Crippen LogP contribution in [0.25, 0.3) is 10.9 Å². The van der Waals surface area contributed by atoms with Crippen molar-refractivity contribution in [2.24, 2.45) is 0 Å². The second kappa shape index (κ2) is 7.30. The van der Waals surface area contributed by atoms with E-state index >= 15 is 0 Å². The van der Waals surface area contributed by atoms with Crippen LogP contribution in [0.1, 0.15) is 10.4 Å². The minimum Gasteiger partial charge on any atom is -0.497 e. The van der Waals surface area contributed by atoms with E-state index in [2.05, 4.69) is 4.98 Å². The maximum absolute atomic E-state index is 13.4. The molecule has 0 atom stereocenters. The molecule has 0 unspecified atom stereocenters. The largest absolute Gasteiger partial charge is 0.497 e. The molecule has 0 radical (unpaired) electrons. The highest BCUT2D eigenvalue weighted by molar-refractivity contribution is 6.14. The van der Waals surface area contributed by atoms with Gasteiger partial charge in [0.2, 0.25) is 0 Å². The van der Waals surface area contributed by atoms with Gasteiger partial charge in [-0.2, -0.15) is 0 Å². The van der Waals surface area contributed by atoms with Crippen molar-refractivity contribution in [3.8, 4) is 5.75 Å². The van der Waals surface area contributed by atoms with Gasteiger partial charge in [0.05, 0.1) is 18.3 Å². The van der Waals surface area contributed by atoms with Gasteiger partial charge in [0.1, 0.15) is 5.75 Å². The Balaban J connectivity index is 1.97. The first-order valence-electron chi connectivity index (χ1n) is 8.65. The lowest BCUT2D eigenvalue weighted by atomic mass is 10.1. The van der Waals surface area contributed by atoms with Crippen molar-refractivity contribution in [1.82, 2.24) is 4.98 Å². The average molecular weight is 354 g/mol. The zero-order valence-corrected chi connectivity index (χ0v) is 14.9. The van der Waals surface area contributed by atoms with Gasteiger partial charge >= 0.3 is 0 Å². The third kappa shape index (κ3) is 3.25. The first-order chi connectivity index (χ1) is 13.3. The molecule has 27 heavy (non-hydrogen) atoms. The molecule has 0 fully saturated rings. The van der Waals surface area contributed by atoms with Crippen LogP contribution in [-0.2, 0) is 0 Å². The molecule has 3 aromatic carbocycles. The molecule has 0 spiro atoms. The fourth-order valence-corrected chi connectivity index (χ4v) is 3.09. The lowest BCUT2D eigenvalue weighted by Gasteiger charge is -2.24. The molecule has 4 aromatic rings. The van der Waals surface area contributed by atoms with Crippen molar-refractivity contribution >= 4 is 28.2 Å². The van der Waals surface area contributed by atoms with E-state index in [-0.39, 0.29) is 5.91 Å². The fourth-order valence-electron chi connectivity index (χ4n) is 3.09. The number of fused-ring (bicyclic) bond motifs is 1. The van der Waals surface area contributed by atoms with Crippen LogP contribution in [0.2, 0.25) is 0 Å². The summed E-state index contributed by atoms with van der Waals surface area (Å²) in [6.07, 6.45) is 1.73. The number of ether oxygens (including phenoxy) is 1. The number of aromatic nitrogens is 1. The highest BCUT2D eigenvalue weighted by atomic mass is 16.5. The number of anilines is 2. The first-order valence-corrected chi connectivity index (χ1v) is 8.65. The van der Waals surface area contributed by atoms with Gasteiger partial charge in [-0.15, -0.1) is 0 Å². The zero-order chi connectivity index (χ0) is 18.6. The predicted octanol–water partition coefficient (Wildman–Crippen LogP) is 5.22. The van der Waals surface area contributed by atoms with Crippen molar-refractivity contribution in [3.63, 3.8) is 0 Å². The molecule has 0 saturated heterocycles. The molecule has 0 aliphatic heterocycles. The van der Waals surface area contributed by atoms with E-state index in [1.165, 1.54) is 0 Å². The minimum absolute atomic E-state index is 0.123. The molecule has 132 valence electrons. The average Bonchev–Trinajstić information content (AvgIpc) is 2.75. The summed E-state index contributed by atoms with van der Waals surface area (Å²) < 4.78 is 5.47. The summed E-state index contributed by atoms with van der Waals surface area (Å²) in [6.45, 7) is 0. The lowest BCUT2D eigenvalue weighted by Crippen LogP contribution is -2.26. The van der Waals surface area contributed by atoms with Crippen LogP contribution < -0.4 is 9.64 Å². The minimum atomic E-state index is -0.123. The van der Waals surface area contributed by atoms with Crippen molar-refractivity contribution in [2.45, 2.75) is 0 Å². The second-order valence-corrected chi connectivity index (χ2v) is 6.06. The zero-order valence-electron chi connectivity index (χ0n) is 14.9. The van der Waals surface area contributed by atoms with Gasteiger partial charge in [0.25, 0.3) is 5.91 Å². The Hall–Kier alpha value is -3.66. The number of benzene rings is 3. The third-order valence-electron chi connectivity index (χ3n) is 4.37. The van der Waals surface area contributed by atoms with Gasteiger partial charge in [0, 0.05) is 28.9 Å². The standard InChI is InChI=1S/C23H18N2O2/c1-27-20-15-18-11-8-14-24-22(18)21(16-20)25(19-12-6-3-7-13-19)23(26)17-9-4-2-5-10-17/h2-16H,1H3. The van der Waals surface area contributed by atoms with Crippen LogP contribution in [0, 0.1) is 0 Å². The SMILES string of the molecule is COc1cc(N(C(=O)c2ccccc2)c2ccccc2)c2ncccc2c1. The molecule has 0 bridgehead atoms. The van der Waals surface area contributed by atoms with Crippen molar-refractivity contribution < 1.29 is 9.53 Å². The summed E-state index contributed by atoms with van der Waals surface area (Å²) in [5.74, 6) is 0.550. The van der Waals surface area contributed by atoms with Crippen LogP contribution in [0.5, 0.6) is 5.75 Å². The summed E-state index contributed by atoms with van der Waals surface area (Å²) in [5.41, 5.74) is 2.80. The molecular weight excluding hydrogens is 336 g/mol. The Morgan fingerprint density at radius 1 is 0.889 bits per heavy atom. The summed E-state index contributed by atoms with van der Waals surface area (Å²) in [5, 5.41) is 0.911. The van der Waals surface area contributed by atoms with Crippen molar-refractivity contribution in [3.05, 3.63) is 96.7 Å². The highest BCUT2D eigenvalue weighted by Gasteiger charge is 2.23. The topological polar surface area (TPSA) is 42.4 Å². The smallest absolute Gasteiger partial charge is 0.262 e. The maximum Gasteiger partial charge on any atom is 0.262 e. The van der Waals surface area contributed by atoms with Crippen LogP contribution in [0.3, 0.4) is 0 Å². The van der Waals surface area contributed by atoms with E-state index in [0.29, 0.717) is 17.0 Å². The number of methoxy groups -OCH3 is 1. The van der Waals surface area contributed by atoms with Crippen molar-refractivity contribution in [1.29, 1.82) is 0 Å². The number of pyridine rings is 1. The Bertz CT molecular complexity index is 1080. The molecule has 1 aromatic heterocycles. The normalized spacial score (nSPS) is 10.6. The quantitative estimate of drug-likeness (QED) is 0.504. The number of carbonyl (C=O) groups excluding carboxylic acids is 1. The number of amides is 1. The van der Waals surface area contributed by atoms with Crippen molar-refractivity contribution in [2.75, 3.05) is 12.0 Å². The van der Waals surface area contributed by atoms with E-state index in [9.17, 15) is 4.79 Å². The molecule has 1 heterocycles. The number of hydrogen-bond acceptors (Lipinski definition) is 3. The van der Waals surface area contributed by atoms with Crippen LogP contribution in [0.15, 0.2) is 91.1 Å². The molecular formula is C23H18N2O2. The summed E-state index contributed by atoms with van der Waals surface area (Å²) in [7, 11) is 1.62. The Kier molecular flexibility index (Phi) is 4.54. The number of rotatable bonds is 4. The van der Waals surface area contributed by atoms with E-state index in [1.807, 2.05) is 84.9 Å². The first kappa shape index (κ1) is 16.8. The number of para-hydroxylation sites is 1. The van der Waals surface area contributed by atoms with Crippen LogP contribution in [0.4, 0.5) is 11.4 Å². The third-order valence-corrected chi connectivity index (χ3v) is 4.37. The number of carbonyl (C=O) groups is 1. The van der Waals surface area contributed by atoms with Crippen LogP contribution in [-0.4, -0.2) is 18.0 Å². The number of nitrogens with zero attached hydrogens (tertiary/aromatic N) is 2. The Morgan fingerprint density at radius 3 is 2.30 bits per heavy atom. The fraction of sp³-hybridized carbons (Fsp3) is 0.0435. The van der Waals surface area contributed by atoms with Gasteiger partial charge in [-0.3, -0.25) is 14.7 Å². The van der Waals surface area contributed by atoms with Gasteiger partial charge < -0.3 is 4.74 Å². The molecule has 4 nitrogen and oxygen atoms in total. The Labute approximate surface area is 157 Å². The monoisotopic (exact) mass is 354 g/mol. The van der Waals surface area contributed by atoms with Gasteiger partial charge in [-0.1, -0.05) is 42.5 Å². The summed E-state index contributed by atoms with van der Waals surface area (Å²) in [4.78, 5) is 19.7. The molecule has 4 rings (SSSR count). The lowest BCUT2D eigenvalue weighted by molar-refractivity contribution is 0.0999. The van der Waals surface area contributed by atoms with E-state index < -0.39 is 0 Å². The van der Waals surface area contributed by atoms with E-state index in [4.69, 9.17) is 4.74 Å².